The molecular weight excluding hydrogens is 655 g/mol. The molecule has 0 saturated carbocycles. The molecule has 1 amide bonds. The van der Waals surface area contributed by atoms with Crippen LogP contribution in [0.1, 0.15) is 245 Å². The van der Waals surface area contributed by atoms with E-state index in [1.54, 1.807) is 6.08 Å². The minimum absolute atomic E-state index is 0.273. The van der Waals surface area contributed by atoms with Crippen molar-refractivity contribution in [1.29, 1.82) is 0 Å². The first-order valence-electron chi connectivity index (χ1n) is 22.4. The fraction of sp³-hybridized carbons (Fsp3) is 0.932. The van der Waals surface area contributed by atoms with Crippen molar-refractivity contribution >= 4 is 16.0 Å². The number of hydrogen-bond acceptors (Lipinski definition) is 4. The van der Waals surface area contributed by atoms with Crippen LogP contribution in [0, 0.1) is 0 Å². The Balaban J connectivity index is 3.82. The molecule has 0 aliphatic carbocycles. The molecule has 3 N–H and O–H groups in total. The first-order chi connectivity index (χ1) is 24.8. The van der Waals surface area contributed by atoms with Gasteiger partial charge in [-0.25, -0.2) is 0 Å². The van der Waals surface area contributed by atoms with Gasteiger partial charge in [0.15, 0.2) is 0 Å². The van der Waals surface area contributed by atoms with Crippen molar-refractivity contribution < 1.29 is 22.9 Å². The Labute approximate surface area is 318 Å². The summed E-state index contributed by atoms with van der Waals surface area (Å²) in [4.78, 5) is 12.5. The second kappa shape index (κ2) is 38.8. The minimum Gasteiger partial charge on any atom is -0.387 e. The molecule has 6 nitrogen and oxygen atoms in total. The number of aliphatic hydroxyl groups excluding tert-OH is 1. The number of allylic oxidation sites excluding steroid dienone is 1. The molecule has 51 heavy (non-hydrogen) atoms. The van der Waals surface area contributed by atoms with Crippen molar-refractivity contribution in [2.45, 2.75) is 257 Å². The Hall–Kier alpha value is -0.920. The molecule has 0 aromatic heterocycles. The molecule has 0 rings (SSSR count). The van der Waals surface area contributed by atoms with Crippen molar-refractivity contribution in [3.05, 3.63) is 12.2 Å². The van der Waals surface area contributed by atoms with E-state index in [4.69, 9.17) is 0 Å². The monoisotopic (exact) mass is 742 g/mol. The highest BCUT2D eigenvalue weighted by atomic mass is 32.2. The van der Waals surface area contributed by atoms with Gasteiger partial charge in [-0.3, -0.25) is 9.35 Å². The highest BCUT2D eigenvalue weighted by Gasteiger charge is 2.24. The van der Waals surface area contributed by atoms with Crippen LogP contribution in [0.3, 0.4) is 0 Å². The number of carbonyl (C=O) groups is 1. The number of rotatable bonds is 41. The van der Waals surface area contributed by atoms with E-state index in [0.29, 0.717) is 6.42 Å². The van der Waals surface area contributed by atoms with Gasteiger partial charge in [-0.15, -0.1) is 0 Å². The molecule has 0 aromatic carbocycles. The molecule has 0 fully saturated rings. The lowest BCUT2D eigenvalue weighted by Gasteiger charge is -2.21. The molecule has 0 saturated heterocycles. The van der Waals surface area contributed by atoms with Crippen LogP contribution in [0.2, 0.25) is 0 Å². The molecule has 2 atom stereocenters. The fourth-order valence-electron chi connectivity index (χ4n) is 7.10. The Bertz CT molecular complexity index is 862. The number of unbranched alkanes of at least 4 members (excludes halogenated alkanes) is 33. The van der Waals surface area contributed by atoms with Gasteiger partial charge in [-0.2, -0.15) is 8.42 Å². The molecule has 0 aromatic rings. The maximum absolute atomic E-state index is 12.5. The van der Waals surface area contributed by atoms with E-state index in [-0.39, 0.29) is 5.91 Å². The predicted molar refractivity (Wildman–Crippen MR) is 221 cm³/mol. The van der Waals surface area contributed by atoms with E-state index < -0.39 is 28.0 Å². The summed E-state index contributed by atoms with van der Waals surface area (Å²) in [5, 5.41) is 13.3. The van der Waals surface area contributed by atoms with E-state index in [2.05, 4.69) is 19.2 Å². The summed E-state index contributed by atoms with van der Waals surface area (Å²) >= 11 is 0. The predicted octanol–water partition coefficient (Wildman–Crippen LogP) is 13.4. The van der Waals surface area contributed by atoms with Crippen LogP contribution in [0.25, 0.3) is 0 Å². The van der Waals surface area contributed by atoms with Gasteiger partial charge in [-0.05, 0) is 19.3 Å². The van der Waals surface area contributed by atoms with Crippen LogP contribution in [0.5, 0.6) is 0 Å². The van der Waals surface area contributed by atoms with Crippen LogP contribution < -0.4 is 5.32 Å². The van der Waals surface area contributed by atoms with Crippen LogP contribution >= 0.6 is 0 Å². The second-order valence-electron chi connectivity index (χ2n) is 15.7. The lowest BCUT2D eigenvalue weighted by Crippen LogP contribution is -2.46. The second-order valence-corrected chi connectivity index (χ2v) is 17.2. The lowest BCUT2D eigenvalue weighted by atomic mass is 10.0. The SMILES string of the molecule is CCCCCCCCCCCCCCCC/C=C/C(O)C(CS(=O)(=O)O)NC(=O)CCCCCCCCCCCCCCCCCCCCCC. The van der Waals surface area contributed by atoms with Crippen LogP contribution in [0.15, 0.2) is 12.2 Å². The zero-order valence-corrected chi connectivity index (χ0v) is 34.8. The molecule has 0 aliphatic heterocycles. The van der Waals surface area contributed by atoms with Crippen molar-refractivity contribution in [2.75, 3.05) is 5.75 Å². The van der Waals surface area contributed by atoms with Crippen molar-refractivity contribution in [3.63, 3.8) is 0 Å². The third-order valence-corrected chi connectivity index (χ3v) is 11.2. The van der Waals surface area contributed by atoms with Gasteiger partial charge in [-0.1, -0.05) is 231 Å². The zero-order valence-electron chi connectivity index (χ0n) is 34.0. The van der Waals surface area contributed by atoms with E-state index in [0.717, 1.165) is 38.5 Å². The van der Waals surface area contributed by atoms with Gasteiger partial charge in [0.2, 0.25) is 5.91 Å². The standard InChI is InChI=1S/C44H87NO5S/c1-3-5-7-9-11-13-15-17-19-21-22-23-24-26-28-30-32-34-36-38-40-44(47)45-42(41-51(48,49)50)43(46)39-37-35-33-31-29-27-25-20-18-16-14-12-10-8-6-4-2/h37,39,42-43,46H,3-36,38,40-41H2,1-2H3,(H,45,47)(H,48,49,50)/b39-37+. The van der Waals surface area contributed by atoms with Crippen molar-refractivity contribution in [2.24, 2.45) is 0 Å². The summed E-state index contributed by atoms with van der Waals surface area (Å²) < 4.78 is 32.5. The Morgan fingerprint density at radius 3 is 1.12 bits per heavy atom. The summed E-state index contributed by atoms with van der Waals surface area (Å²) in [5.74, 6) is -0.965. The number of nitrogens with one attached hydrogen (secondary N) is 1. The largest absolute Gasteiger partial charge is 0.387 e. The molecule has 0 heterocycles. The van der Waals surface area contributed by atoms with Crippen LogP contribution in [-0.4, -0.2) is 41.9 Å². The van der Waals surface area contributed by atoms with Crippen LogP contribution in [0.4, 0.5) is 0 Å². The average molecular weight is 742 g/mol. The van der Waals surface area contributed by atoms with Crippen molar-refractivity contribution in [1.82, 2.24) is 5.32 Å². The number of carbonyl (C=O) groups excluding carboxylic acids is 1. The van der Waals surface area contributed by atoms with E-state index in [1.165, 1.54) is 186 Å². The van der Waals surface area contributed by atoms with Gasteiger partial charge >= 0.3 is 0 Å². The zero-order chi connectivity index (χ0) is 37.5. The maximum Gasteiger partial charge on any atom is 0.267 e. The summed E-state index contributed by atoms with van der Waals surface area (Å²) in [7, 11) is -4.34. The van der Waals surface area contributed by atoms with E-state index in [1.807, 2.05) is 6.08 Å². The third-order valence-electron chi connectivity index (χ3n) is 10.5. The smallest absolute Gasteiger partial charge is 0.267 e. The maximum atomic E-state index is 12.5. The quantitative estimate of drug-likeness (QED) is 0.0329. The van der Waals surface area contributed by atoms with Crippen LogP contribution in [-0.2, 0) is 14.9 Å². The molecule has 304 valence electrons. The third kappa shape index (κ3) is 40.1. The summed E-state index contributed by atoms with van der Waals surface area (Å²) in [6.45, 7) is 4.54. The van der Waals surface area contributed by atoms with E-state index >= 15 is 0 Å². The van der Waals surface area contributed by atoms with Gasteiger partial charge in [0.25, 0.3) is 10.1 Å². The average Bonchev–Trinajstić information content (AvgIpc) is 3.09. The minimum atomic E-state index is -4.34. The lowest BCUT2D eigenvalue weighted by molar-refractivity contribution is -0.122. The molecule has 0 bridgehead atoms. The molecule has 7 heteroatoms. The molecular formula is C44H87NO5S. The van der Waals surface area contributed by atoms with Crippen molar-refractivity contribution in [3.8, 4) is 0 Å². The Morgan fingerprint density at radius 1 is 0.510 bits per heavy atom. The topological polar surface area (TPSA) is 104 Å². The first kappa shape index (κ1) is 50.1. The molecule has 0 aliphatic rings. The number of aliphatic hydroxyl groups is 1. The Kier molecular flexibility index (Phi) is 38.1. The Morgan fingerprint density at radius 2 is 0.804 bits per heavy atom. The first-order valence-corrected chi connectivity index (χ1v) is 24.0. The summed E-state index contributed by atoms with van der Waals surface area (Å²) in [6, 6.07) is -1.05. The van der Waals surface area contributed by atoms with Gasteiger partial charge < -0.3 is 10.4 Å². The molecule has 2 unspecified atom stereocenters. The van der Waals surface area contributed by atoms with Gasteiger partial charge in [0, 0.05) is 6.42 Å². The fourth-order valence-corrected chi connectivity index (χ4v) is 7.83. The molecule has 0 spiro atoms. The summed E-state index contributed by atoms with van der Waals surface area (Å²) in [5.41, 5.74) is 0. The summed E-state index contributed by atoms with van der Waals surface area (Å²) in [6.07, 6.45) is 47.7. The normalized spacial score (nSPS) is 13.3. The number of hydrogen-bond donors (Lipinski definition) is 3. The van der Waals surface area contributed by atoms with E-state index in [9.17, 15) is 22.9 Å². The highest BCUT2D eigenvalue weighted by Crippen LogP contribution is 2.16. The molecule has 0 radical (unpaired) electrons. The highest BCUT2D eigenvalue weighted by molar-refractivity contribution is 7.85. The van der Waals surface area contributed by atoms with Gasteiger partial charge in [0.05, 0.1) is 17.9 Å². The van der Waals surface area contributed by atoms with Gasteiger partial charge in [0.1, 0.15) is 0 Å². The number of amides is 1.